The Bertz CT molecular complexity index is 440. The van der Waals surface area contributed by atoms with Gasteiger partial charge in [0.2, 0.25) is 0 Å². The molecule has 0 bridgehead atoms. The van der Waals surface area contributed by atoms with E-state index in [4.69, 9.17) is 9.73 Å². The van der Waals surface area contributed by atoms with Gasteiger partial charge < -0.3 is 20.3 Å². The number of nitrogens with one attached hydrogen (secondary N) is 2. The van der Waals surface area contributed by atoms with Gasteiger partial charge in [0.25, 0.3) is 0 Å². The van der Waals surface area contributed by atoms with Crippen molar-refractivity contribution in [2.75, 3.05) is 33.3 Å². The van der Waals surface area contributed by atoms with Crippen LogP contribution >= 0.6 is 0 Å². The summed E-state index contributed by atoms with van der Waals surface area (Å²) in [6, 6.07) is 0.379. The molecule has 1 amide bonds. The van der Waals surface area contributed by atoms with Crippen molar-refractivity contribution in [1.82, 2.24) is 15.5 Å². The maximum atomic E-state index is 11.6. The molecule has 0 unspecified atom stereocenters. The third-order valence-electron chi connectivity index (χ3n) is 5.53. The van der Waals surface area contributed by atoms with Crippen LogP contribution in [0.4, 0.5) is 4.79 Å². The number of hydrogen-bond donors (Lipinski definition) is 2. The molecule has 0 aromatic rings. The minimum atomic E-state index is -0.217. The van der Waals surface area contributed by atoms with E-state index in [1.54, 1.807) is 4.90 Å². The van der Waals surface area contributed by atoms with Crippen LogP contribution in [0, 0.1) is 17.8 Å². The van der Waals surface area contributed by atoms with Crippen LogP contribution < -0.4 is 10.6 Å². The summed E-state index contributed by atoms with van der Waals surface area (Å²) >= 11 is 0. The molecular formula is C18H32N4O2. The SMILES string of the molecule is CCNC(=NCC(C1CC1)C1CC1)NC1CCN(C(=O)OC)CC1. The first kappa shape index (κ1) is 17.4. The van der Waals surface area contributed by atoms with Gasteiger partial charge >= 0.3 is 6.09 Å². The number of carbonyl (C=O) groups excluding carboxylic acids is 1. The molecule has 6 heteroatoms. The summed E-state index contributed by atoms with van der Waals surface area (Å²) in [7, 11) is 1.44. The van der Waals surface area contributed by atoms with E-state index in [9.17, 15) is 4.79 Å². The lowest BCUT2D eigenvalue weighted by molar-refractivity contribution is 0.111. The van der Waals surface area contributed by atoms with E-state index in [2.05, 4.69) is 17.6 Å². The first-order chi connectivity index (χ1) is 11.7. The van der Waals surface area contributed by atoms with E-state index in [1.807, 2.05) is 0 Å². The first-order valence-electron chi connectivity index (χ1n) is 9.59. The van der Waals surface area contributed by atoms with Gasteiger partial charge in [-0.1, -0.05) is 0 Å². The number of ether oxygens (including phenoxy) is 1. The van der Waals surface area contributed by atoms with E-state index >= 15 is 0 Å². The first-order valence-corrected chi connectivity index (χ1v) is 9.59. The third kappa shape index (κ3) is 4.77. The highest BCUT2D eigenvalue weighted by Crippen LogP contribution is 2.49. The van der Waals surface area contributed by atoms with Crippen molar-refractivity contribution in [3.8, 4) is 0 Å². The maximum Gasteiger partial charge on any atom is 0.409 e. The zero-order chi connectivity index (χ0) is 16.9. The molecule has 0 radical (unpaired) electrons. The van der Waals surface area contributed by atoms with Gasteiger partial charge in [-0.25, -0.2) is 4.79 Å². The fourth-order valence-corrected chi connectivity index (χ4v) is 3.78. The number of likely N-dealkylation sites (tertiary alicyclic amines) is 1. The van der Waals surface area contributed by atoms with E-state index in [0.717, 1.165) is 62.7 Å². The number of guanidine groups is 1. The van der Waals surface area contributed by atoms with Gasteiger partial charge in [0.1, 0.15) is 0 Å². The van der Waals surface area contributed by atoms with Gasteiger partial charge in [-0.15, -0.1) is 0 Å². The number of nitrogens with zero attached hydrogens (tertiary/aromatic N) is 2. The van der Waals surface area contributed by atoms with Crippen molar-refractivity contribution in [1.29, 1.82) is 0 Å². The van der Waals surface area contributed by atoms with E-state index in [1.165, 1.54) is 32.8 Å². The van der Waals surface area contributed by atoms with Crippen LogP contribution in [0.25, 0.3) is 0 Å². The number of rotatable bonds is 6. The van der Waals surface area contributed by atoms with Gasteiger partial charge in [-0.05, 0) is 63.2 Å². The summed E-state index contributed by atoms with van der Waals surface area (Å²) in [5, 5.41) is 6.95. The van der Waals surface area contributed by atoms with Gasteiger partial charge in [0, 0.05) is 32.2 Å². The molecule has 3 rings (SSSR count). The van der Waals surface area contributed by atoms with Gasteiger partial charge in [-0.2, -0.15) is 0 Å². The van der Waals surface area contributed by atoms with Gasteiger partial charge in [-0.3, -0.25) is 4.99 Å². The summed E-state index contributed by atoms with van der Waals surface area (Å²) in [4.78, 5) is 18.2. The smallest absolute Gasteiger partial charge is 0.409 e. The molecule has 0 atom stereocenters. The molecule has 0 spiro atoms. The molecule has 1 saturated heterocycles. The topological polar surface area (TPSA) is 66.0 Å². The molecule has 0 aromatic heterocycles. The average Bonchev–Trinajstić information content (AvgIpc) is 3.48. The molecule has 136 valence electrons. The summed E-state index contributed by atoms with van der Waals surface area (Å²) in [5.74, 6) is 3.63. The van der Waals surface area contributed by atoms with Crippen LogP contribution in [-0.4, -0.2) is 56.3 Å². The predicted octanol–water partition coefficient (Wildman–Crippen LogP) is 2.21. The van der Waals surface area contributed by atoms with E-state index in [0.29, 0.717) is 6.04 Å². The van der Waals surface area contributed by atoms with Crippen LogP contribution in [0.3, 0.4) is 0 Å². The molecule has 2 aliphatic carbocycles. The zero-order valence-corrected chi connectivity index (χ0v) is 15.1. The Morgan fingerprint density at radius 1 is 1.17 bits per heavy atom. The molecule has 0 aromatic carbocycles. The highest BCUT2D eigenvalue weighted by Gasteiger charge is 2.41. The third-order valence-corrected chi connectivity index (χ3v) is 5.53. The van der Waals surface area contributed by atoms with Crippen LogP contribution in [0.2, 0.25) is 0 Å². The van der Waals surface area contributed by atoms with Crippen molar-refractivity contribution in [3.05, 3.63) is 0 Å². The molecule has 24 heavy (non-hydrogen) atoms. The Kier molecular flexibility index (Phi) is 5.85. The van der Waals surface area contributed by atoms with Crippen molar-refractivity contribution < 1.29 is 9.53 Å². The minimum absolute atomic E-state index is 0.217. The largest absolute Gasteiger partial charge is 0.453 e. The molecule has 2 saturated carbocycles. The molecule has 6 nitrogen and oxygen atoms in total. The summed E-state index contributed by atoms with van der Waals surface area (Å²) < 4.78 is 4.80. The van der Waals surface area contributed by atoms with Crippen molar-refractivity contribution in [2.24, 2.45) is 22.7 Å². The number of methoxy groups -OCH3 is 1. The number of hydrogen-bond acceptors (Lipinski definition) is 3. The average molecular weight is 336 g/mol. The van der Waals surface area contributed by atoms with Crippen LogP contribution in [0.15, 0.2) is 4.99 Å². The molecule has 2 N–H and O–H groups in total. The Hall–Kier alpha value is -1.46. The molecule has 1 heterocycles. The summed E-state index contributed by atoms with van der Waals surface area (Å²) in [6.45, 7) is 5.44. The Morgan fingerprint density at radius 2 is 1.79 bits per heavy atom. The Morgan fingerprint density at radius 3 is 2.29 bits per heavy atom. The lowest BCUT2D eigenvalue weighted by atomic mass is 9.98. The Labute approximate surface area is 145 Å². The second-order valence-electron chi connectivity index (χ2n) is 7.43. The Balaban J connectivity index is 1.48. The lowest BCUT2D eigenvalue weighted by Crippen LogP contribution is -2.49. The van der Waals surface area contributed by atoms with Crippen LogP contribution in [-0.2, 0) is 4.74 Å². The van der Waals surface area contributed by atoms with Crippen molar-refractivity contribution >= 4 is 12.1 Å². The van der Waals surface area contributed by atoms with E-state index in [-0.39, 0.29) is 6.09 Å². The molecule has 3 aliphatic rings. The standard InChI is InChI=1S/C18H32N4O2/c1-3-19-17(20-12-16(13-4-5-13)14-6-7-14)21-15-8-10-22(11-9-15)18(23)24-2/h13-16H,3-12H2,1-2H3,(H2,19,20,21). The predicted molar refractivity (Wildman–Crippen MR) is 95.1 cm³/mol. The molecular weight excluding hydrogens is 304 g/mol. The second kappa shape index (κ2) is 8.08. The highest BCUT2D eigenvalue weighted by molar-refractivity contribution is 5.80. The number of piperidine rings is 1. The van der Waals surface area contributed by atoms with Gasteiger partial charge in [0.15, 0.2) is 5.96 Å². The number of aliphatic imine (C=N–C) groups is 1. The van der Waals surface area contributed by atoms with Crippen molar-refractivity contribution in [3.63, 3.8) is 0 Å². The monoisotopic (exact) mass is 336 g/mol. The maximum absolute atomic E-state index is 11.6. The summed E-state index contributed by atoms with van der Waals surface area (Å²) in [6.07, 6.45) is 7.30. The minimum Gasteiger partial charge on any atom is -0.453 e. The lowest BCUT2D eigenvalue weighted by Gasteiger charge is -2.32. The number of carbonyl (C=O) groups is 1. The molecule has 1 aliphatic heterocycles. The number of amides is 1. The van der Waals surface area contributed by atoms with Gasteiger partial charge in [0.05, 0.1) is 7.11 Å². The molecule has 3 fully saturated rings. The normalized spacial score (nSPS) is 22.6. The van der Waals surface area contributed by atoms with Crippen LogP contribution in [0.1, 0.15) is 45.4 Å². The quantitative estimate of drug-likeness (QED) is 0.576. The fraction of sp³-hybridized carbons (Fsp3) is 0.889. The van der Waals surface area contributed by atoms with E-state index < -0.39 is 0 Å². The van der Waals surface area contributed by atoms with Crippen LogP contribution in [0.5, 0.6) is 0 Å². The van der Waals surface area contributed by atoms with Crippen molar-refractivity contribution in [2.45, 2.75) is 51.5 Å². The summed E-state index contributed by atoms with van der Waals surface area (Å²) in [5.41, 5.74) is 0. The highest BCUT2D eigenvalue weighted by atomic mass is 16.5. The zero-order valence-electron chi connectivity index (χ0n) is 15.1. The fourth-order valence-electron chi connectivity index (χ4n) is 3.78. The second-order valence-corrected chi connectivity index (χ2v) is 7.43.